The molecule has 0 aliphatic rings. The zero-order chi connectivity index (χ0) is 16.4. The molecular weight excluding hydrogens is 290 g/mol. The second-order valence-electron chi connectivity index (χ2n) is 5.17. The number of nitrogens with zero attached hydrogens (tertiary/aromatic N) is 3. The molecule has 2 aromatic heterocycles. The lowest BCUT2D eigenvalue weighted by atomic mass is 10.1. The third kappa shape index (κ3) is 2.49. The number of nitriles is 1. The molecule has 0 fully saturated rings. The fraction of sp³-hybridized carbons (Fsp3) is 0.222. The van der Waals surface area contributed by atoms with Crippen LogP contribution in [0.2, 0.25) is 0 Å². The third-order valence-corrected chi connectivity index (χ3v) is 3.84. The van der Waals surface area contributed by atoms with Gasteiger partial charge < -0.3 is 9.47 Å². The van der Waals surface area contributed by atoms with E-state index in [9.17, 15) is 5.26 Å². The Labute approximate surface area is 134 Å². The molecule has 0 aliphatic heterocycles. The van der Waals surface area contributed by atoms with Crippen LogP contribution in [0.15, 0.2) is 36.4 Å². The van der Waals surface area contributed by atoms with E-state index in [1.165, 1.54) is 0 Å². The van der Waals surface area contributed by atoms with Crippen molar-refractivity contribution in [3.63, 3.8) is 0 Å². The smallest absolute Gasteiger partial charge is 0.137 e. The van der Waals surface area contributed by atoms with Gasteiger partial charge in [0.2, 0.25) is 0 Å². The number of imidazole rings is 1. The topological polar surface area (TPSA) is 59.6 Å². The van der Waals surface area contributed by atoms with E-state index < -0.39 is 0 Å². The Hall–Kier alpha value is -3.00. The summed E-state index contributed by atoms with van der Waals surface area (Å²) in [4.78, 5) is 4.72. The van der Waals surface area contributed by atoms with Crippen LogP contribution in [0.5, 0.6) is 11.5 Å². The fourth-order valence-corrected chi connectivity index (χ4v) is 2.78. The molecule has 5 heteroatoms. The lowest BCUT2D eigenvalue weighted by Crippen LogP contribution is -1.98. The summed E-state index contributed by atoms with van der Waals surface area (Å²) < 4.78 is 12.8. The summed E-state index contributed by atoms with van der Waals surface area (Å²) in [6.45, 7) is 2.00. The molecule has 0 saturated carbocycles. The van der Waals surface area contributed by atoms with Crippen LogP contribution in [0.1, 0.15) is 11.4 Å². The van der Waals surface area contributed by atoms with Crippen molar-refractivity contribution in [1.29, 1.82) is 5.26 Å². The summed E-state index contributed by atoms with van der Waals surface area (Å²) in [5.41, 5.74) is 4.27. The number of benzene rings is 1. The summed E-state index contributed by atoms with van der Waals surface area (Å²) >= 11 is 0. The highest BCUT2D eigenvalue weighted by molar-refractivity contribution is 5.74. The summed E-state index contributed by atoms with van der Waals surface area (Å²) in [5.74, 6) is 1.42. The van der Waals surface area contributed by atoms with Crippen molar-refractivity contribution in [3.05, 3.63) is 47.8 Å². The quantitative estimate of drug-likeness (QED) is 0.741. The van der Waals surface area contributed by atoms with Gasteiger partial charge in [0, 0.05) is 11.3 Å². The molecule has 116 valence electrons. The molecule has 0 bridgehead atoms. The van der Waals surface area contributed by atoms with E-state index in [1.807, 2.05) is 47.7 Å². The maximum Gasteiger partial charge on any atom is 0.137 e. The first-order valence-corrected chi connectivity index (χ1v) is 7.26. The number of hydrogen-bond acceptors (Lipinski definition) is 4. The molecule has 0 N–H and O–H groups in total. The van der Waals surface area contributed by atoms with Gasteiger partial charge in [-0.05, 0) is 37.3 Å². The molecule has 0 saturated heterocycles. The maximum absolute atomic E-state index is 9.24. The van der Waals surface area contributed by atoms with E-state index in [0.717, 1.165) is 34.0 Å². The highest BCUT2D eigenvalue weighted by Gasteiger charge is 2.18. The van der Waals surface area contributed by atoms with Crippen LogP contribution < -0.4 is 9.47 Å². The van der Waals surface area contributed by atoms with Gasteiger partial charge >= 0.3 is 0 Å². The second kappa shape index (κ2) is 6.01. The monoisotopic (exact) mass is 307 g/mol. The average Bonchev–Trinajstić information content (AvgIpc) is 2.94. The van der Waals surface area contributed by atoms with Crippen LogP contribution in [0.25, 0.3) is 16.9 Å². The van der Waals surface area contributed by atoms with Gasteiger partial charge in [-0.15, -0.1) is 0 Å². The molecule has 5 nitrogen and oxygen atoms in total. The van der Waals surface area contributed by atoms with Gasteiger partial charge in [0.1, 0.15) is 17.1 Å². The number of aryl methyl sites for hydroxylation is 1. The molecule has 3 rings (SSSR count). The van der Waals surface area contributed by atoms with E-state index in [1.54, 1.807) is 14.2 Å². The van der Waals surface area contributed by atoms with Crippen molar-refractivity contribution in [1.82, 2.24) is 9.38 Å². The van der Waals surface area contributed by atoms with E-state index in [-0.39, 0.29) is 6.42 Å². The van der Waals surface area contributed by atoms with Crippen molar-refractivity contribution in [2.45, 2.75) is 13.3 Å². The van der Waals surface area contributed by atoms with Crippen LogP contribution in [0.4, 0.5) is 0 Å². The van der Waals surface area contributed by atoms with Gasteiger partial charge in [-0.1, -0.05) is 6.07 Å². The van der Waals surface area contributed by atoms with Gasteiger partial charge in [-0.2, -0.15) is 5.26 Å². The van der Waals surface area contributed by atoms with Gasteiger partial charge in [0.25, 0.3) is 0 Å². The Balaban J connectivity index is 2.34. The van der Waals surface area contributed by atoms with Gasteiger partial charge in [0.15, 0.2) is 0 Å². The van der Waals surface area contributed by atoms with Gasteiger partial charge in [-0.25, -0.2) is 4.98 Å². The Morgan fingerprint density at radius 1 is 1.17 bits per heavy atom. The summed E-state index contributed by atoms with van der Waals surface area (Å²) in [5, 5.41) is 9.24. The Morgan fingerprint density at radius 2 is 2.00 bits per heavy atom. The van der Waals surface area contributed by atoms with Crippen molar-refractivity contribution in [3.8, 4) is 28.8 Å². The molecule has 0 amide bonds. The van der Waals surface area contributed by atoms with Crippen molar-refractivity contribution < 1.29 is 9.47 Å². The van der Waals surface area contributed by atoms with Gasteiger partial charge in [-0.3, -0.25) is 4.40 Å². The van der Waals surface area contributed by atoms with Crippen molar-refractivity contribution in [2.75, 3.05) is 14.2 Å². The number of fused-ring (bicyclic) bond motifs is 1. The summed E-state index contributed by atoms with van der Waals surface area (Å²) in [6.07, 6.45) is 0.266. The minimum Gasteiger partial charge on any atom is -0.497 e. The van der Waals surface area contributed by atoms with Crippen molar-refractivity contribution in [2.24, 2.45) is 0 Å². The van der Waals surface area contributed by atoms with E-state index in [2.05, 4.69) is 6.07 Å². The number of hydrogen-bond donors (Lipinski definition) is 0. The minimum absolute atomic E-state index is 0.266. The Kier molecular flexibility index (Phi) is 3.90. The first kappa shape index (κ1) is 14.9. The van der Waals surface area contributed by atoms with Crippen LogP contribution >= 0.6 is 0 Å². The fourth-order valence-electron chi connectivity index (χ4n) is 2.78. The Morgan fingerprint density at radius 3 is 2.70 bits per heavy atom. The Bertz CT molecular complexity index is 907. The van der Waals surface area contributed by atoms with Gasteiger partial charge in [0.05, 0.1) is 38.1 Å². The van der Waals surface area contributed by atoms with Crippen LogP contribution in [-0.2, 0) is 6.42 Å². The normalized spacial score (nSPS) is 10.5. The lowest BCUT2D eigenvalue weighted by molar-refractivity contribution is 0.404. The first-order chi connectivity index (χ1) is 11.2. The molecular formula is C18H17N3O2. The molecule has 0 radical (unpaired) electrons. The molecule has 23 heavy (non-hydrogen) atoms. The third-order valence-electron chi connectivity index (χ3n) is 3.84. The van der Waals surface area contributed by atoms with Crippen molar-refractivity contribution >= 4 is 5.65 Å². The van der Waals surface area contributed by atoms with Crippen LogP contribution in [0, 0.1) is 18.3 Å². The molecule has 0 atom stereocenters. The molecule has 0 unspecified atom stereocenters. The van der Waals surface area contributed by atoms with Crippen LogP contribution in [-0.4, -0.2) is 23.6 Å². The standard InChI is InChI=1S/C18H17N3O2/c1-12-5-4-6-17-20-18(15(9-10-19)21(12)17)14-11-13(22-2)7-8-16(14)23-3/h4-8,11H,9H2,1-3H3. The van der Waals surface area contributed by atoms with E-state index in [0.29, 0.717) is 5.75 Å². The molecule has 0 aliphatic carbocycles. The number of methoxy groups -OCH3 is 2. The number of pyridine rings is 1. The minimum atomic E-state index is 0.266. The molecule has 1 aromatic carbocycles. The molecule has 2 heterocycles. The zero-order valence-electron chi connectivity index (χ0n) is 13.3. The number of ether oxygens (including phenoxy) is 2. The highest BCUT2D eigenvalue weighted by atomic mass is 16.5. The molecule has 0 spiro atoms. The van der Waals surface area contributed by atoms with Crippen LogP contribution in [0.3, 0.4) is 0 Å². The summed E-state index contributed by atoms with van der Waals surface area (Å²) in [6, 6.07) is 13.7. The first-order valence-electron chi connectivity index (χ1n) is 7.26. The maximum atomic E-state index is 9.24. The predicted octanol–water partition coefficient (Wildman–Crippen LogP) is 3.39. The number of rotatable bonds is 4. The predicted molar refractivity (Wildman–Crippen MR) is 87.8 cm³/mol. The summed E-state index contributed by atoms with van der Waals surface area (Å²) in [7, 11) is 3.24. The van der Waals surface area contributed by atoms with E-state index >= 15 is 0 Å². The average molecular weight is 307 g/mol. The zero-order valence-corrected chi connectivity index (χ0v) is 13.3. The highest BCUT2D eigenvalue weighted by Crippen LogP contribution is 2.35. The number of aromatic nitrogens is 2. The van der Waals surface area contributed by atoms with E-state index in [4.69, 9.17) is 14.5 Å². The SMILES string of the molecule is COc1ccc(OC)c(-c2nc3cccc(C)n3c2CC#N)c1. The lowest BCUT2D eigenvalue weighted by Gasteiger charge is -2.10. The second-order valence-corrected chi connectivity index (χ2v) is 5.17. The molecule has 3 aromatic rings. The largest absolute Gasteiger partial charge is 0.497 e.